The Labute approximate surface area is 233 Å². The Kier molecular flexibility index (Phi) is 8.27. The van der Waals surface area contributed by atoms with Crippen LogP contribution < -0.4 is 14.9 Å². The first kappa shape index (κ1) is 27.6. The number of thiophene rings is 1. The van der Waals surface area contributed by atoms with E-state index in [9.17, 15) is 21.6 Å². The monoisotopic (exact) mass is 588 g/mol. The summed E-state index contributed by atoms with van der Waals surface area (Å²) >= 11 is 1.12. The molecule has 2 aliphatic heterocycles. The number of carbonyl (C=O) groups is 1. The zero-order chi connectivity index (χ0) is 27.5. The van der Waals surface area contributed by atoms with Gasteiger partial charge in [0.1, 0.15) is 4.21 Å². The van der Waals surface area contributed by atoms with Crippen molar-refractivity contribution < 1.29 is 21.6 Å². The number of piperidine rings is 2. The molecule has 12 heteroatoms. The summed E-state index contributed by atoms with van der Waals surface area (Å²) < 4.78 is 56.0. The van der Waals surface area contributed by atoms with Crippen LogP contribution in [0.1, 0.15) is 48.9 Å². The molecule has 0 atom stereocenters. The molecule has 0 radical (unpaired) electrons. The standard InChI is InChI=1S/C27H32N4O5S3/c32-27(21-9-11-22(12-10-21)29-38(33,34)26-8-7-19-37-26)28-24-20-23(39(35,36)31-17-5-2-6-18-31)13-14-25(24)30-15-3-1-4-16-30/h7-14,19-20,29H,1-6,15-18H2,(H,28,32). The van der Waals surface area contributed by atoms with Gasteiger partial charge < -0.3 is 10.2 Å². The number of carbonyl (C=O) groups excluding carboxylic acids is 1. The molecule has 3 aromatic rings. The Balaban J connectivity index is 1.39. The lowest BCUT2D eigenvalue weighted by atomic mass is 10.1. The second-order valence-corrected chi connectivity index (χ2v) is 14.6. The number of rotatable bonds is 8. The number of amides is 1. The van der Waals surface area contributed by atoms with E-state index in [2.05, 4.69) is 14.9 Å². The van der Waals surface area contributed by atoms with E-state index in [1.807, 2.05) is 0 Å². The maximum atomic E-state index is 13.4. The number of sulfonamides is 2. The number of benzene rings is 2. The molecule has 2 N–H and O–H groups in total. The Bertz CT molecular complexity index is 1510. The minimum absolute atomic E-state index is 0.166. The molecule has 9 nitrogen and oxygen atoms in total. The smallest absolute Gasteiger partial charge is 0.271 e. The molecule has 0 unspecified atom stereocenters. The van der Waals surface area contributed by atoms with Crippen LogP contribution in [0.25, 0.3) is 0 Å². The van der Waals surface area contributed by atoms with Gasteiger partial charge in [0.15, 0.2) is 0 Å². The van der Waals surface area contributed by atoms with Crippen molar-refractivity contribution in [1.29, 1.82) is 0 Å². The average molecular weight is 589 g/mol. The molecular formula is C27H32N4O5S3. The first-order valence-corrected chi connectivity index (χ1v) is 16.9. The second kappa shape index (κ2) is 11.7. The SMILES string of the molecule is O=C(Nc1cc(S(=O)(=O)N2CCCCC2)ccc1N1CCCCC1)c1ccc(NS(=O)(=O)c2cccs2)cc1. The van der Waals surface area contributed by atoms with Gasteiger partial charge in [-0.3, -0.25) is 9.52 Å². The molecule has 39 heavy (non-hydrogen) atoms. The Morgan fingerprint density at radius 1 is 0.795 bits per heavy atom. The molecular weight excluding hydrogens is 557 g/mol. The fourth-order valence-corrected chi connectivity index (χ4v) is 8.54. The van der Waals surface area contributed by atoms with Gasteiger partial charge in [-0.25, -0.2) is 16.8 Å². The molecule has 2 aliphatic rings. The highest BCUT2D eigenvalue weighted by Gasteiger charge is 2.28. The predicted molar refractivity (Wildman–Crippen MR) is 155 cm³/mol. The number of nitrogens with zero attached hydrogens (tertiary/aromatic N) is 2. The van der Waals surface area contributed by atoms with E-state index in [1.54, 1.807) is 29.6 Å². The van der Waals surface area contributed by atoms with Crippen LogP contribution >= 0.6 is 11.3 Å². The van der Waals surface area contributed by atoms with Crippen molar-refractivity contribution in [3.05, 3.63) is 65.5 Å². The third-order valence-corrected chi connectivity index (χ3v) is 11.7. The maximum absolute atomic E-state index is 13.4. The molecule has 1 aromatic heterocycles. The molecule has 208 valence electrons. The van der Waals surface area contributed by atoms with Crippen LogP contribution in [0, 0.1) is 0 Å². The number of anilines is 3. The summed E-state index contributed by atoms with van der Waals surface area (Å²) in [7, 11) is -7.37. The normalized spacial score (nSPS) is 17.1. The van der Waals surface area contributed by atoms with Gasteiger partial charge in [-0.05, 0) is 86.0 Å². The Hall–Kier alpha value is -2.93. The maximum Gasteiger partial charge on any atom is 0.271 e. The van der Waals surface area contributed by atoms with Gasteiger partial charge in [0.05, 0.1) is 16.3 Å². The molecule has 0 aliphatic carbocycles. The third kappa shape index (κ3) is 6.29. The lowest BCUT2D eigenvalue weighted by Crippen LogP contribution is -2.35. The minimum atomic E-state index is -3.70. The predicted octanol–water partition coefficient (Wildman–Crippen LogP) is 4.97. The van der Waals surface area contributed by atoms with Crippen molar-refractivity contribution in [3.8, 4) is 0 Å². The summed E-state index contributed by atoms with van der Waals surface area (Å²) in [6, 6.07) is 14.3. The van der Waals surface area contributed by atoms with Crippen molar-refractivity contribution in [3.63, 3.8) is 0 Å². The van der Waals surface area contributed by atoms with Crippen molar-refractivity contribution in [2.45, 2.75) is 47.6 Å². The molecule has 2 fully saturated rings. The number of hydrogen-bond acceptors (Lipinski definition) is 7. The average Bonchev–Trinajstić information content (AvgIpc) is 3.51. The van der Waals surface area contributed by atoms with Crippen LogP contribution in [0.15, 0.2) is 69.1 Å². The first-order chi connectivity index (χ1) is 18.7. The van der Waals surface area contributed by atoms with Crippen molar-refractivity contribution >= 4 is 54.4 Å². The van der Waals surface area contributed by atoms with Crippen molar-refractivity contribution in [2.24, 2.45) is 0 Å². The van der Waals surface area contributed by atoms with Crippen LogP contribution in [0.4, 0.5) is 17.1 Å². The van der Waals surface area contributed by atoms with Crippen LogP contribution in [-0.2, 0) is 20.0 Å². The van der Waals surface area contributed by atoms with Gasteiger partial charge in [0, 0.05) is 37.4 Å². The highest BCUT2D eigenvalue weighted by molar-refractivity contribution is 7.94. The molecule has 3 heterocycles. The van der Waals surface area contributed by atoms with Crippen LogP contribution in [0.2, 0.25) is 0 Å². The second-order valence-electron chi connectivity index (χ2n) is 9.76. The van der Waals surface area contributed by atoms with Gasteiger partial charge in [-0.1, -0.05) is 12.5 Å². The highest BCUT2D eigenvalue weighted by Crippen LogP contribution is 2.33. The zero-order valence-corrected chi connectivity index (χ0v) is 24.0. The topological polar surface area (TPSA) is 116 Å². The zero-order valence-electron chi connectivity index (χ0n) is 21.5. The summed E-state index contributed by atoms with van der Waals surface area (Å²) in [4.78, 5) is 15.6. The summed E-state index contributed by atoms with van der Waals surface area (Å²) in [5.74, 6) is -0.409. The fraction of sp³-hybridized carbons (Fsp3) is 0.370. The molecule has 0 spiro atoms. The van der Waals surface area contributed by atoms with Crippen LogP contribution in [0.3, 0.4) is 0 Å². The fourth-order valence-electron chi connectivity index (χ4n) is 4.95. The van der Waals surface area contributed by atoms with Gasteiger partial charge in [0.2, 0.25) is 10.0 Å². The molecule has 2 aromatic carbocycles. The summed E-state index contributed by atoms with van der Waals surface area (Å²) in [6.07, 6.45) is 5.91. The van der Waals surface area contributed by atoms with E-state index in [1.165, 1.54) is 34.6 Å². The van der Waals surface area contributed by atoms with Crippen molar-refractivity contribution in [2.75, 3.05) is 41.1 Å². The summed E-state index contributed by atoms with van der Waals surface area (Å²) in [6.45, 7) is 2.67. The van der Waals surface area contributed by atoms with Crippen LogP contribution in [-0.4, -0.2) is 53.2 Å². The van der Waals surface area contributed by atoms with E-state index >= 15 is 0 Å². The number of nitrogens with one attached hydrogen (secondary N) is 2. The van der Waals surface area contributed by atoms with E-state index in [0.29, 0.717) is 30.0 Å². The quantitative estimate of drug-likeness (QED) is 0.384. The van der Waals surface area contributed by atoms with E-state index < -0.39 is 26.0 Å². The first-order valence-electron chi connectivity index (χ1n) is 13.1. The lowest BCUT2D eigenvalue weighted by molar-refractivity contribution is 0.102. The molecule has 1 amide bonds. The summed E-state index contributed by atoms with van der Waals surface area (Å²) in [5, 5.41) is 4.62. The van der Waals surface area contributed by atoms with E-state index in [-0.39, 0.29) is 9.10 Å². The van der Waals surface area contributed by atoms with Gasteiger partial charge in [-0.15, -0.1) is 11.3 Å². The van der Waals surface area contributed by atoms with E-state index in [0.717, 1.165) is 68.6 Å². The minimum Gasteiger partial charge on any atom is -0.370 e. The van der Waals surface area contributed by atoms with E-state index in [4.69, 9.17) is 0 Å². The molecule has 2 saturated heterocycles. The molecule has 0 bridgehead atoms. The van der Waals surface area contributed by atoms with Gasteiger partial charge in [-0.2, -0.15) is 4.31 Å². The largest absolute Gasteiger partial charge is 0.370 e. The molecule has 0 saturated carbocycles. The van der Waals surface area contributed by atoms with Gasteiger partial charge >= 0.3 is 0 Å². The van der Waals surface area contributed by atoms with Crippen LogP contribution in [0.5, 0.6) is 0 Å². The molecule has 5 rings (SSSR count). The Morgan fingerprint density at radius 3 is 2.10 bits per heavy atom. The van der Waals surface area contributed by atoms with Crippen molar-refractivity contribution in [1.82, 2.24) is 4.31 Å². The lowest BCUT2D eigenvalue weighted by Gasteiger charge is -2.31. The number of hydrogen-bond donors (Lipinski definition) is 2. The van der Waals surface area contributed by atoms with Gasteiger partial charge in [0.25, 0.3) is 15.9 Å². The Morgan fingerprint density at radius 2 is 1.46 bits per heavy atom. The highest BCUT2D eigenvalue weighted by atomic mass is 32.2. The third-order valence-electron chi connectivity index (χ3n) is 7.03. The summed E-state index contributed by atoms with van der Waals surface area (Å²) in [5.41, 5.74) is 1.90.